The molecule has 0 spiro atoms. The first kappa shape index (κ1) is 18.8. The van der Waals surface area contributed by atoms with Crippen LogP contribution in [-0.2, 0) is 17.8 Å². The fraction of sp³-hybridized carbons (Fsp3) is 0.375. The molecule has 0 bridgehead atoms. The van der Waals surface area contributed by atoms with Crippen molar-refractivity contribution in [3.63, 3.8) is 0 Å². The van der Waals surface area contributed by atoms with Crippen LogP contribution in [0.5, 0.6) is 0 Å². The molecule has 2 aromatic carbocycles. The van der Waals surface area contributed by atoms with Crippen LogP contribution in [-0.4, -0.2) is 30.4 Å². The SMILES string of the molecule is Cc1ccc2c(CC(=O)NCC3CCCN(Cc4ccccc4)C3)coc2c1. The van der Waals surface area contributed by atoms with Crippen molar-refractivity contribution >= 4 is 16.9 Å². The number of piperidine rings is 1. The van der Waals surface area contributed by atoms with Crippen molar-refractivity contribution in [3.05, 3.63) is 71.5 Å². The van der Waals surface area contributed by atoms with Gasteiger partial charge in [0.15, 0.2) is 0 Å². The summed E-state index contributed by atoms with van der Waals surface area (Å²) < 4.78 is 5.61. The van der Waals surface area contributed by atoms with Crippen LogP contribution in [0.15, 0.2) is 59.2 Å². The van der Waals surface area contributed by atoms with E-state index in [1.165, 1.54) is 18.4 Å². The summed E-state index contributed by atoms with van der Waals surface area (Å²) in [4.78, 5) is 15.0. The summed E-state index contributed by atoms with van der Waals surface area (Å²) in [5.41, 5.74) is 4.33. The van der Waals surface area contributed by atoms with Gasteiger partial charge in [-0.25, -0.2) is 0 Å². The van der Waals surface area contributed by atoms with Crippen molar-refractivity contribution in [1.29, 1.82) is 0 Å². The zero-order valence-electron chi connectivity index (χ0n) is 16.5. The van der Waals surface area contributed by atoms with Gasteiger partial charge in [0.05, 0.1) is 12.7 Å². The molecular formula is C24H28N2O2. The first-order chi connectivity index (χ1) is 13.7. The Hall–Kier alpha value is -2.59. The molecule has 2 heterocycles. The lowest BCUT2D eigenvalue weighted by atomic mass is 9.97. The van der Waals surface area contributed by atoms with Crippen molar-refractivity contribution in [3.8, 4) is 0 Å². The van der Waals surface area contributed by atoms with Crippen molar-refractivity contribution in [2.45, 2.75) is 32.7 Å². The molecule has 1 amide bonds. The Morgan fingerprint density at radius 2 is 2.07 bits per heavy atom. The van der Waals surface area contributed by atoms with Gasteiger partial charge in [0.1, 0.15) is 5.58 Å². The van der Waals surface area contributed by atoms with E-state index in [0.717, 1.165) is 48.3 Å². The zero-order chi connectivity index (χ0) is 19.3. The quantitative estimate of drug-likeness (QED) is 0.697. The van der Waals surface area contributed by atoms with Crippen LogP contribution in [0.25, 0.3) is 11.0 Å². The van der Waals surface area contributed by atoms with Gasteiger partial charge in [-0.1, -0.05) is 42.5 Å². The first-order valence-electron chi connectivity index (χ1n) is 10.2. The van der Waals surface area contributed by atoms with E-state index < -0.39 is 0 Å². The fourth-order valence-electron chi connectivity index (χ4n) is 4.12. The lowest BCUT2D eigenvalue weighted by Crippen LogP contribution is -2.40. The highest BCUT2D eigenvalue weighted by Gasteiger charge is 2.20. The molecule has 0 radical (unpaired) electrons. The number of benzene rings is 2. The van der Waals surface area contributed by atoms with Crippen LogP contribution in [0.3, 0.4) is 0 Å². The molecule has 1 aliphatic rings. The van der Waals surface area contributed by atoms with E-state index in [1.54, 1.807) is 6.26 Å². The second-order valence-electron chi connectivity index (χ2n) is 7.97. The lowest BCUT2D eigenvalue weighted by molar-refractivity contribution is -0.120. The molecule has 0 saturated carbocycles. The summed E-state index contributed by atoms with van der Waals surface area (Å²) in [6.07, 6.45) is 4.46. The summed E-state index contributed by atoms with van der Waals surface area (Å²) in [6, 6.07) is 16.7. The highest BCUT2D eigenvalue weighted by Crippen LogP contribution is 2.23. The number of nitrogens with one attached hydrogen (secondary N) is 1. The summed E-state index contributed by atoms with van der Waals surface area (Å²) in [5.74, 6) is 0.591. The summed E-state index contributed by atoms with van der Waals surface area (Å²) in [5, 5.41) is 4.18. The van der Waals surface area contributed by atoms with Gasteiger partial charge in [-0.15, -0.1) is 0 Å². The largest absolute Gasteiger partial charge is 0.464 e. The smallest absolute Gasteiger partial charge is 0.224 e. The van der Waals surface area contributed by atoms with E-state index in [2.05, 4.69) is 46.6 Å². The predicted octanol–water partition coefficient (Wildman–Crippen LogP) is 4.31. The molecule has 3 aromatic rings. The minimum absolute atomic E-state index is 0.0726. The van der Waals surface area contributed by atoms with Crippen LogP contribution >= 0.6 is 0 Å². The number of carbonyl (C=O) groups is 1. The third-order valence-electron chi connectivity index (χ3n) is 5.60. The van der Waals surface area contributed by atoms with Crippen LogP contribution < -0.4 is 5.32 Å². The molecule has 1 N–H and O–H groups in total. The minimum Gasteiger partial charge on any atom is -0.464 e. The summed E-state index contributed by atoms with van der Waals surface area (Å²) >= 11 is 0. The summed E-state index contributed by atoms with van der Waals surface area (Å²) in [7, 11) is 0. The Labute approximate surface area is 166 Å². The second-order valence-corrected chi connectivity index (χ2v) is 7.97. The third kappa shape index (κ3) is 4.63. The van der Waals surface area contributed by atoms with Gasteiger partial charge in [-0.2, -0.15) is 0 Å². The number of rotatable bonds is 6. The van der Waals surface area contributed by atoms with E-state index in [-0.39, 0.29) is 5.91 Å². The minimum atomic E-state index is 0.0726. The Kier molecular flexibility index (Phi) is 5.77. The van der Waals surface area contributed by atoms with Crippen molar-refractivity contribution in [2.24, 2.45) is 5.92 Å². The number of hydrogen-bond acceptors (Lipinski definition) is 3. The Morgan fingerprint density at radius 1 is 1.21 bits per heavy atom. The molecule has 4 nitrogen and oxygen atoms in total. The Balaban J connectivity index is 1.28. The van der Waals surface area contributed by atoms with Gasteiger partial charge < -0.3 is 9.73 Å². The monoisotopic (exact) mass is 376 g/mol. The zero-order valence-corrected chi connectivity index (χ0v) is 16.5. The average Bonchev–Trinajstić information content (AvgIpc) is 3.09. The number of aryl methyl sites for hydroxylation is 1. The molecule has 1 aliphatic heterocycles. The van der Waals surface area contributed by atoms with Gasteiger partial charge in [-0.05, 0) is 49.4 Å². The van der Waals surface area contributed by atoms with E-state index in [4.69, 9.17) is 4.42 Å². The maximum Gasteiger partial charge on any atom is 0.224 e. The number of furan rings is 1. The van der Waals surface area contributed by atoms with Gasteiger partial charge in [0.2, 0.25) is 5.91 Å². The maximum atomic E-state index is 12.5. The van der Waals surface area contributed by atoms with Gasteiger partial charge in [-0.3, -0.25) is 9.69 Å². The number of nitrogens with zero attached hydrogens (tertiary/aromatic N) is 1. The molecule has 1 fully saturated rings. The van der Waals surface area contributed by atoms with Gasteiger partial charge >= 0.3 is 0 Å². The molecular weight excluding hydrogens is 348 g/mol. The van der Waals surface area contributed by atoms with E-state index in [1.807, 2.05) is 19.1 Å². The van der Waals surface area contributed by atoms with Crippen LogP contribution in [0, 0.1) is 12.8 Å². The summed E-state index contributed by atoms with van der Waals surface area (Å²) in [6.45, 7) is 5.97. The number of likely N-dealkylation sites (tertiary alicyclic amines) is 1. The molecule has 4 heteroatoms. The van der Waals surface area contributed by atoms with Crippen LogP contribution in [0.4, 0.5) is 0 Å². The van der Waals surface area contributed by atoms with E-state index >= 15 is 0 Å². The highest BCUT2D eigenvalue weighted by molar-refractivity contribution is 5.87. The van der Waals surface area contributed by atoms with Crippen LogP contribution in [0.2, 0.25) is 0 Å². The Bertz CT molecular complexity index is 932. The first-order valence-corrected chi connectivity index (χ1v) is 10.2. The number of fused-ring (bicyclic) bond motifs is 1. The van der Waals surface area contributed by atoms with Crippen molar-refractivity contribution < 1.29 is 9.21 Å². The molecule has 4 rings (SSSR count). The van der Waals surface area contributed by atoms with Crippen molar-refractivity contribution in [1.82, 2.24) is 10.2 Å². The highest BCUT2D eigenvalue weighted by atomic mass is 16.3. The number of amides is 1. The molecule has 1 unspecified atom stereocenters. The van der Waals surface area contributed by atoms with E-state index in [0.29, 0.717) is 12.3 Å². The molecule has 1 atom stereocenters. The van der Waals surface area contributed by atoms with Gasteiger partial charge in [0, 0.05) is 30.6 Å². The molecule has 0 aliphatic carbocycles. The third-order valence-corrected chi connectivity index (χ3v) is 5.60. The molecule has 28 heavy (non-hydrogen) atoms. The predicted molar refractivity (Wildman–Crippen MR) is 112 cm³/mol. The van der Waals surface area contributed by atoms with Crippen LogP contribution in [0.1, 0.15) is 29.5 Å². The number of hydrogen-bond donors (Lipinski definition) is 1. The topological polar surface area (TPSA) is 45.5 Å². The Morgan fingerprint density at radius 3 is 2.93 bits per heavy atom. The normalized spacial score (nSPS) is 17.7. The second kappa shape index (κ2) is 8.61. The lowest BCUT2D eigenvalue weighted by Gasteiger charge is -2.32. The van der Waals surface area contributed by atoms with E-state index in [9.17, 15) is 4.79 Å². The number of carbonyl (C=O) groups excluding carboxylic acids is 1. The standard InChI is InChI=1S/C24H28N2O2/c1-18-9-10-22-21(17-28-23(22)12-18)13-24(27)25-14-20-8-5-11-26(16-20)15-19-6-3-2-4-7-19/h2-4,6-7,9-10,12,17,20H,5,8,11,13-16H2,1H3,(H,25,27). The molecule has 1 saturated heterocycles. The fourth-order valence-corrected chi connectivity index (χ4v) is 4.12. The average molecular weight is 377 g/mol. The van der Waals surface area contributed by atoms with Crippen molar-refractivity contribution in [2.75, 3.05) is 19.6 Å². The molecule has 1 aromatic heterocycles. The molecule has 146 valence electrons. The van der Waals surface area contributed by atoms with Gasteiger partial charge in [0.25, 0.3) is 0 Å². The maximum absolute atomic E-state index is 12.5.